The lowest BCUT2D eigenvalue weighted by molar-refractivity contribution is -0.138. The fraction of sp³-hybridized carbons (Fsp3) is 0.176. The Hall–Kier alpha value is -1.97. The van der Waals surface area contributed by atoms with Gasteiger partial charge in [0.1, 0.15) is 16.1 Å². The van der Waals surface area contributed by atoms with Crippen molar-refractivity contribution < 1.29 is 14.7 Å². The molecule has 0 amide bonds. The molecule has 0 saturated heterocycles. The van der Waals surface area contributed by atoms with E-state index in [-0.39, 0.29) is 11.5 Å². The summed E-state index contributed by atoms with van der Waals surface area (Å²) < 4.78 is 2.02. The summed E-state index contributed by atoms with van der Waals surface area (Å²) in [7, 11) is -1.28. The number of aliphatic carboxylic acids is 1. The third-order valence-electron chi connectivity index (χ3n) is 4.00. The quantitative estimate of drug-likeness (QED) is 0.522. The summed E-state index contributed by atoms with van der Waals surface area (Å²) in [5, 5.41) is 13.6. The van der Waals surface area contributed by atoms with Crippen molar-refractivity contribution in [2.24, 2.45) is 0 Å². The number of hydrogen-bond donors (Lipinski definition) is 3. The highest BCUT2D eigenvalue weighted by atomic mass is 79.9. The Morgan fingerprint density at radius 2 is 2.23 bits per heavy atom. The summed E-state index contributed by atoms with van der Waals surface area (Å²) >= 11 is 5.00. The third kappa shape index (κ3) is 3.34. The van der Waals surface area contributed by atoms with Crippen LogP contribution in [0.4, 0.5) is 5.69 Å². The van der Waals surface area contributed by atoms with Crippen LogP contribution in [0.1, 0.15) is 11.4 Å². The Labute approximate surface area is 164 Å². The number of rotatable bonds is 4. The largest absolute Gasteiger partial charge is 0.481 e. The molecule has 0 fully saturated rings. The second kappa shape index (κ2) is 6.98. The predicted molar refractivity (Wildman–Crippen MR) is 107 cm³/mol. The van der Waals surface area contributed by atoms with Gasteiger partial charge in [-0.2, -0.15) is 0 Å². The normalized spacial score (nSPS) is 20.6. The lowest BCUT2D eigenvalue weighted by Gasteiger charge is -2.32. The number of benzene rings is 1. The van der Waals surface area contributed by atoms with E-state index in [1.165, 1.54) is 0 Å². The number of aromatic nitrogens is 2. The van der Waals surface area contributed by atoms with E-state index in [0.29, 0.717) is 5.75 Å². The van der Waals surface area contributed by atoms with E-state index >= 15 is 0 Å². The van der Waals surface area contributed by atoms with Crippen LogP contribution in [0, 0.1) is 0 Å². The summed E-state index contributed by atoms with van der Waals surface area (Å²) in [6.07, 6.45) is 1.43. The standard InChI is InChI=1S/C17H14BrN3O3S2/c18-9-3-4-13-11(6-9)21-14(25-13)8-26-16-10(2-1-5-19-16)20-12(17(26)24)7-15(22)23/h1-6,12,20,26H,7-8H2,(H,22,23). The number of anilines is 1. The van der Waals surface area contributed by atoms with Gasteiger partial charge < -0.3 is 10.4 Å². The molecule has 0 radical (unpaired) electrons. The molecule has 1 aliphatic heterocycles. The van der Waals surface area contributed by atoms with Gasteiger partial charge in [0.15, 0.2) is 5.12 Å². The number of hydrogen-bond acceptors (Lipinski definition) is 6. The number of carbonyl (C=O) groups excluding carboxylic acids is 1. The summed E-state index contributed by atoms with van der Waals surface area (Å²) in [6, 6.07) is 8.81. The topological polar surface area (TPSA) is 92.2 Å². The molecule has 4 rings (SSSR count). The maximum Gasteiger partial charge on any atom is 0.305 e. The fourth-order valence-corrected chi connectivity index (χ4v) is 6.64. The number of carboxylic acids is 1. The van der Waals surface area contributed by atoms with E-state index < -0.39 is 22.9 Å². The van der Waals surface area contributed by atoms with E-state index in [2.05, 4.69) is 31.2 Å². The van der Waals surface area contributed by atoms with Crippen molar-refractivity contribution in [2.75, 3.05) is 5.32 Å². The molecule has 0 saturated carbocycles. The molecule has 0 aliphatic carbocycles. The van der Waals surface area contributed by atoms with Crippen molar-refractivity contribution >= 4 is 65.2 Å². The Morgan fingerprint density at radius 1 is 1.38 bits per heavy atom. The number of nitrogens with zero attached hydrogens (tertiary/aromatic N) is 2. The van der Waals surface area contributed by atoms with E-state index in [4.69, 9.17) is 5.11 Å². The molecule has 3 heterocycles. The van der Waals surface area contributed by atoms with E-state index in [0.717, 1.165) is 30.4 Å². The van der Waals surface area contributed by atoms with Crippen LogP contribution in [-0.4, -0.2) is 32.2 Å². The first kappa shape index (κ1) is 17.4. The maximum absolute atomic E-state index is 12.9. The molecule has 2 N–H and O–H groups in total. The van der Waals surface area contributed by atoms with Crippen molar-refractivity contribution in [3.63, 3.8) is 0 Å². The first-order valence-electron chi connectivity index (χ1n) is 7.81. The van der Waals surface area contributed by atoms with Crippen molar-refractivity contribution in [2.45, 2.75) is 23.2 Å². The van der Waals surface area contributed by atoms with Crippen LogP contribution in [0.5, 0.6) is 0 Å². The van der Waals surface area contributed by atoms with Crippen LogP contribution < -0.4 is 5.32 Å². The first-order chi connectivity index (χ1) is 12.5. The lowest BCUT2D eigenvalue weighted by atomic mass is 10.2. The van der Waals surface area contributed by atoms with Gasteiger partial charge in [-0.25, -0.2) is 9.97 Å². The van der Waals surface area contributed by atoms with Crippen molar-refractivity contribution in [1.82, 2.24) is 9.97 Å². The van der Waals surface area contributed by atoms with E-state index in [9.17, 15) is 9.59 Å². The number of carbonyl (C=O) groups is 2. The first-order valence-corrected chi connectivity index (χ1v) is 10.9. The summed E-state index contributed by atoms with van der Waals surface area (Å²) in [5.74, 6) is -0.518. The van der Waals surface area contributed by atoms with Gasteiger partial charge in [-0.05, 0) is 30.3 Å². The number of halogens is 1. The number of carboxylic acid groups (broad SMARTS) is 1. The van der Waals surface area contributed by atoms with Gasteiger partial charge in [-0.3, -0.25) is 9.59 Å². The fourth-order valence-electron chi connectivity index (χ4n) is 2.88. The Bertz CT molecular complexity index is 1020. The highest BCUT2D eigenvalue weighted by Gasteiger charge is 2.35. The van der Waals surface area contributed by atoms with Gasteiger partial charge in [-0.1, -0.05) is 15.9 Å². The zero-order valence-electron chi connectivity index (χ0n) is 13.3. The van der Waals surface area contributed by atoms with Gasteiger partial charge in [0.05, 0.1) is 22.3 Å². The highest BCUT2D eigenvalue weighted by Crippen LogP contribution is 2.48. The predicted octanol–water partition coefficient (Wildman–Crippen LogP) is 3.81. The molecule has 9 heteroatoms. The molecule has 1 aromatic carbocycles. The Kier molecular flexibility index (Phi) is 4.68. The number of thiol groups is 1. The van der Waals surface area contributed by atoms with Gasteiger partial charge >= 0.3 is 5.97 Å². The average Bonchev–Trinajstić information content (AvgIpc) is 2.99. The Balaban J connectivity index is 1.70. The summed E-state index contributed by atoms with van der Waals surface area (Å²) in [5.41, 5.74) is 1.63. The molecule has 134 valence electrons. The van der Waals surface area contributed by atoms with Crippen molar-refractivity contribution in [3.05, 3.63) is 46.0 Å². The second-order valence-electron chi connectivity index (χ2n) is 5.81. The number of thiazole rings is 1. The Morgan fingerprint density at radius 3 is 3.04 bits per heavy atom. The van der Waals surface area contributed by atoms with Crippen LogP contribution in [0.25, 0.3) is 10.2 Å². The van der Waals surface area contributed by atoms with Crippen LogP contribution in [0.2, 0.25) is 0 Å². The minimum absolute atomic E-state index is 0.0889. The zero-order valence-corrected chi connectivity index (χ0v) is 16.6. The van der Waals surface area contributed by atoms with Gasteiger partial charge in [0.25, 0.3) is 0 Å². The van der Waals surface area contributed by atoms with Crippen LogP contribution in [0.15, 0.2) is 46.0 Å². The van der Waals surface area contributed by atoms with Crippen LogP contribution in [0.3, 0.4) is 0 Å². The van der Waals surface area contributed by atoms with Crippen molar-refractivity contribution in [1.29, 1.82) is 0 Å². The van der Waals surface area contributed by atoms with Crippen LogP contribution >= 0.6 is 38.2 Å². The molecular weight excluding hydrogens is 438 g/mol. The van der Waals surface area contributed by atoms with E-state index in [1.807, 2.05) is 24.3 Å². The lowest BCUT2D eigenvalue weighted by Crippen LogP contribution is -2.36. The minimum atomic E-state index is -1.28. The molecule has 0 spiro atoms. The van der Waals surface area contributed by atoms with Crippen molar-refractivity contribution in [3.8, 4) is 0 Å². The second-order valence-corrected chi connectivity index (χ2v) is 9.88. The highest BCUT2D eigenvalue weighted by molar-refractivity contribution is 9.10. The summed E-state index contributed by atoms with van der Waals surface area (Å²) in [4.78, 5) is 33.1. The minimum Gasteiger partial charge on any atom is -0.481 e. The monoisotopic (exact) mass is 451 g/mol. The number of nitrogens with one attached hydrogen (secondary N) is 1. The molecule has 0 bridgehead atoms. The van der Waals surface area contributed by atoms with Gasteiger partial charge in [-0.15, -0.1) is 22.2 Å². The number of pyridine rings is 1. The molecule has 2 aromatic heterocycles. The molecular formula is C17H14BrN3O3S2. The SMILES string of the molecule is O=C(O)CC1Nc2cccnc2[SH](Cc2nc3cc(Br)ccc3s2)C1=O. The molecule has 26 heavy (non-hydrogen) atoms. The smallest absolute Gasteiger partial charge is 0.305 e. The number of fused-ring (bicyclic) bond motifs is 2. The molecule has 6 nitrogen and oxygen atoms in total. The molecule has 2 atom stereocenters. The third-order valence-corrected chi connectivity index (χ3v) is 8.07. The molecule has 1 aliphatic rings. The maximum atomic E-state index is 12.9. The molecule has 2 unspecified atom stereocenters. The average molecular weight is 452 g/mol. The zero-order chi connectivity index (χ0) is 18.3. The van der Waals surface area contributed by atoms with Gasteiger partial charge in [0, 0.05) is 16.4 Å². The van der Waals surface area contributed by atoms with E-state index in [1.54, 1.807) is 23.6 Å². The summed E-state index contributed by atoms with van der Waals surface area (Å²) in [6.45, 7) is 0. The molecule has 3 aromatic rings. The van der Waals surface area contributed by atoms with Gasteiger partial charge in [0.2, 0.25) is 0 Å². The van der Waals surface area contributed by atoms with Crippen LogP contribution in [-0.2, 0) is 15.3 Å².